The first-order valence-electron chi connectivity index (χ1n) is 6.78. The minimum Gasteiger partial charge on any atom is -0.394 e. The predicted molar refractivity (Wildman–Crippen MR) is 69.6 cm³/mol. The van der Waals surface area contributed by atoms with E-state index in [9.17, 15) is 4.79 Å². The standard InChI is InChI=1S/C13H21N3O3/c17-5-7-19-6-1-4-14-13(18)10-2-3-11-9-15-16-12(11)8-10/h9-10,17H,1-8H2,(H,14,18)(H,15,16). The van der Waals surface area contributed by atoms with Crippen LogP contribution in [0.4, 0.5) is 0 Å². The van der Waals surface area contributed by atoms with Crippen molar-refractivity contribution in [1.82, 2.24) is 15.5 Å². The van der Waals surface area contributed by atoms with E-state index >= 15 is 0 Å². The molecule has 1 aromatic rings. The Hall–Kier alpha value is -1.40. The van der Waals surface area contributed by atoms with Gasteiger partial charge < -0.3 is 15.2 Å². The summed E-state index contributed by atoms with van der Waals surface area (Å²) in [7, 11) is 0. The molecule has 3 N–H and O–H groups in total. The molecule has 0 saturated carbocycles. The summed E-state index contributed by atoms with van der Waals surface area (Å²) in [6.07, 6.45) is 5.18. The number of carbonyl (C=O) groups is 1. The van der Waals surface area contributed by atoms with Gasteiger partial charge in [0.2, 0.25) is 5.91 Å². The molecule has 0 radical (unpaired) electrons. The van der Waals surface area contributed by atoms with Crippen molar-refractivity contribution >= 4 is 5.91 Å². The van der Waals surface area contributed by atoms with E-state index in [-0.39, 0.29) is 18.4 Å². The van der Waals surface area contributed by atoms with Crippen molar-refractivity contribution in [3.63, 3.8) is 0 Å². The van der Waals surface area contributed by atoms with Crippen LogP contribution in [0.3, 0.4) is 0 Å². The zero-order valence-electron chi connectivity index (χ0n) is 11.0. The molecule has 1 unspecified atom stereocenters. The summed E-state index contributed by atoms with van der Waals surface area (Å²) in [5, 5.41) is 18.4. The van der Waals surface area contributed by atoms with Gasteiger partial charge in [0.05, 0.1) is 19.4 Å². The highest BCUT2D eigenvalue weighted by atomic mass is 16.5. The lowest BCUT2D eigenvalue weighted by atomic mass is 9.87. The van der Waals surface area contributed by atoms with Gasteiger partial charge in [-0.1, -0.05) is 0 Å². The number of aliphatic hydroxyl groups is 1. The number of aryl methyl sites for hydroxylation is 1. The third-order valence-corrected chi connectivity index (χ3v) is 3.39. The number of fused-ring (bicyclic) bond motifs is 1. The van der Waals surface area contributed by atoms with Crippen LogP contribution in [0.2, 0.25) is 0 Å². The van der Waals surface area contributed by atoms with E-state index in [0.29, 0.717) is 19.8 Å². The van der Waals surface area contributed by atoms with Gasteiger partial charge in [-0.25, -0.2) is 0 Å². The third kappa shape index (κ3) is 4.04. The minimum absolute atomic E-state index is 0.0426. The Balaban J connectivity index is 1.64. The van der Waals surface area contributed by atoms with Crippen LogP contribution < -0.4 is 5.32 Å². The first-order chi connectivity index (χ1) is 9.31. The molecule has 106 valence electrons. The second kappa shape index (κ2) is 7.25. The average Bonchev–Trinajstić information content (AvgIpc) is 2.89. The monoisotopic (exact) mass is 267 g/mol. The summed E-state index contributed by atoms with van der Waals surface area (Å²) in [5.74, 6) is 0.161. The maximum absolute atomic E-state index is 12.0. The summed E-state index contributed by atoms with van der Waals surface area (Å²) in [6, 6.07) is 0. The Bertz CT molecular complexity index is 406. The molecule has 0 spiro atoms. The number of carbonyl (C=O) groups excluding carboxylic acids is 1. The predicted octanol–water partition coefficient (Wildman–Crippen LogP) is 0.0298. The summed E-state index contributed by atoms with van der Waals surface area (Å²) >= 11 is 0. The summed E-state index contributed by atoms with van der Waals surface area (Å²) < 4.78 is 5.13. The van der Waals surface area contributed by atoms with Crippen molar-refractivity contribution in [2.24, 2.45) is 5.92 Å². The number of rotatable bonds is 7. The molecule has 1 aromatic heterocycles. The fourth-order valence-corrected chi connectivity index (χ4v) is 2.33. The van der Waals surface area contributed by atoms with E-state index in [4.69, 9.17) is 9.84 Å². The zero-order chi connectivity index (χ0) is 13.5. The quantitative estimate of drug-likeness (QED) is 0.608. The second-order valence-corrected chi connectivity index (χ2v) is 4.79. The number of aliphatic hydroxyl groups excluding tert-OH is 1. The van der Waals surface area contributed by atoms with Gasteiger partial charge in [-0.05, 0) is 24.8 Å². The van der Waals surface area contributed by atoms with Crippen LogP contribution in [0.15, 0.2) is 6.20 Å². The van der Waals surface area contributed by atoms with Gasteiger partial charge in [0.15, 0.2) is 0 Å². The number of hydrogen-bond donors (Lipinski definition) is 3. The fraction of sp³-hybridized carbons (Fsp3) is 0.692. The summed E-state index contributed by atoms with van der Waals surface area (Å²) in [6.45, 7) is 1.59. The van der Waals surface area contributed by atoms with Gasteiger partial charge in [0.25, 0.3) is 0 Å². The van der Waals surface area contributed by atoms with E-state index in [1.54, 1.807) is 0 Å². The number of aromatic nitrogens is 2. The molecule has 0 aliphatic heterocycles. The van der Waals surface area contributed by atoms with Crippen LogP contribution >= 0.6 is 0 Å². The molecular weight excluding hydrogens is 246 g/mol. The van der Waals surface area contributed by atoms with Gasteiger partial charge in [-0.3, -0.25) is 9.89 Å². The Morgan fingerprint density at radius 3 is 3.32 bits per heavy atom. The van der Waals surface area contributed by atoms with Gasteiger partial charge in [-0.2, -0.15) is 5.10 Å². The Labute approximate surface area is 112 Å². The molecule has 1 amide bonds. The molecule has 6 heteroatoms. The second-order valence-electron chi connectivity index (χ2n) is 4.79. The fourth-order valence-electron chi connectivity index (χ4n) is 2.33. The van der Waals surface area contributed by atoms with E-state index in [2.05, 4.69) is 15.5 Å². The number of nitrogens with one attached hydrogen (secondary N) is 2. The molecule has 19 heavy (non-hydrogen) atoms. The number of amides is 1. The highest BCUT2D eigenvalue weighted by molar-refractivity contribution is 5.79. The Morgan fingerprint density at radius 1 is 1.58 bits per heavy atom. The van der Waals surface area contributed by atoms with Gasteiger partial charge in [-0.15, -0.1) is 0 Å². The van der Waals surface area contributed by atoms with Crippen LogP contribution in [0.1, 0.15) is 24.1 Å². The molecule has 0 bridgehead atoms. The zero-order valence-corrected chi connectivity index (χ0v) is 11.0. The van der Waals surface area contributed by atoms with Crippen LogP contribution in [0, 0.1) is 5.92 Å². The lowest BCUT2D eigenvalue weighted by molar-refractivity contribution is -0.125. The molecule has 0 aromatic carbocycles. The van der Waals surface area contributed by atoms with Crippen molar-refractivity contribution in [2.45, 2.75) is 25.7 Å². The first kappa shape index (κ1) is 14.0. The van der Waals surface area contributed by atoms with E-state index in [0.717, 1.165) is 31.4 Å². The van der Waals surface area contributed by atoms with E-state index in [1.807, 2.05) is 6.20 Å². The van der Waals surface area contributed by atoms with Crippen LogP contribution in [-0.4, -0.2) is 47.6 Å². The van der Waals surface area contributed by atoms with Gasteiger partial charge >= 0.3 is 0 Å². The molecule has 2 rings (SSSR count). The number of nitrogens with zero attached hydrogens (tertiary/aromatic N) is 1. The van der Waals surface area contributed by atoms with Crippen LogP contribution in [0.25, 0.3) is 0 Å². The normalized spacial score (nSPS) is 18.1. The minimum atomic E-state index is 0.0426. The van der Waals surface area contributed by atoms with E-state index < -0.39 is 0 Å². The summed E-state index contributed by atoms with van der Waals surface area (Å²) in [4.78, 5) is 12.0. The van der Waals surface area contributed by atoms with E-state index in [1.165, 1.54) is 5.56 Å². The van der Waals surface area contributed by atoms with Crippen molar-refractivity contribution in [2.75, 3.05) is 26.4 Å². The largest absolute Gasteiger partial charge is 0.394 e. The Morgan fingerprint density at radius 2 is 2.47 bits per heavy atom. The van der Waals surface area contributed by atoms with Crippen molar-refractivity contribution in [3.05, 3.63) is 17.5 Å². The maximum atomic E-state index is 12.0. The average molecular weight is 267 g/mol. The molecule has 1 atom stereocenters. The lowest BCUT2D eigenvalue weighted by Crippen LogP contribution is -2.34. The SMILES string of the molecule is O=C(NCCCOCCO)C1CCc2cn[nH]c2C1. The number of ether oxygens (including phenoxy) is 1. The molecule has 1 aliphatic rings. The van der Waals surface area contributed by atoms with Gasteiger partial charge in [0.1, 0.15) is 0 Å². The summed E-state index contributed by atoms with van der Waals surface area (Å²) in [5.41, 5.74) is 2.33. The number of aromatic amines is 1. The van der Waals surface area contributed by atoms with Crippen molar-refractivity contribution in [3.8, 4) is 0 Å². The van der Waals surface area contributed by atoms with Crippen molar-refractivity contribution < 1.29 is 14.6 Å². The molecule has 1 aliphatic carbocycles. The third-order valence-electron chi connectivity index (χ3n) is 3.39. The lowest BCUT2D eigenvalue weighted by Gasteiger charge is -2.20. The molecule has 1 heterocycles. The molecule has 0 fully saturated rings. The van der Waals surface area contributed by atoms with Crippen LogP contribution in [0.5, 0.6) is 0 Å². The Kier molecular flexibility index (Phi) is 5.35. The number of H-pyrrole nitrogens is 1. The van der Waals surface area contributed by atoms with Gasteiger partial charge in [0, 0.05) is 31.2 Å². The smallest absolute Gasteiger partial charge is 0.223 e. The topological polar surface area (TPSA) is 87.2 Å². The maximum Gasteiger partial charge on any atom is 0.223 e. The van der Waals surface area contributed by atoms with Crippen molar-refractivity contribution in [1.29, 1.82) is 0 Å². The molecule has 0 saturated heterocycles. The van der Waals surface area contributed by atoms with Crippen LogP contribution in [-0.2, 0) is 22.4 Å². The molecular formula is C13H21N3O3. The number of hydrogen-bond acceptors (Lipinski definition) is 4. The first-order valence-corrected chi connectivity index (χ1v) is 6.78. The highest BCUT2D eigenvalue weighted by Crippen LogP contribution is 2.23. The molecule has 6 nitrogen and oxygen atoms in total. The highest BCUT2D eigenvalue weighted by Gasteiger charge is 2.25.